The van der Waals surface area contributed by atoms with E-state index in [-0.39, 0.29) is 29.9 Å². The zero-order valence-corrected chi connectivity index (χ0v) is 17.8. The van der Waals surface area contributed by atoms with Crippen LogP contribution in [0.25, 0.3) is 0 Å². The first-order valence-electron chi connectivity index (χ1n) is 8.75. The average Bonchev–Trinajstić information content (AvgIpc) is 2.68. The van der Waals surface area contributed by atoms with Gasteiger partial charge in [-0.1, -0.05) is 64.8 Å². The lowest BCUT2D eigenvalue weighted by atomic mass is 9.87. The van der Waals surface area contributed by atoms with Crippen molar-refractivity contribution in [1.82, 2.24) is 5.32 Å². The highest BCUT2D eigenvalue weighted by Crippen LogP contribution is 2.36. The summed E-state index contributed by atoms with van der Waals surface area (Å²) in [4.78, 5) is 24.5. The standard InChI is InChI=1S/C21H17Cl2N3O2S/c1-12-2-4-13(5-3-12)15-9-19(27)26-21(16(15)10-24)29-11-20(28)25-18-7-6-14(22)8-17(18)23/h2-8,15H,9,11H2,1H3,(H,25,28)(H,26,27)/t15-/m1/s1. The van der Waals surface area contributed by atoms with Gasteiger partial charge in [-0.3, -0.25) is 9.59 Å². The predicted octanol–water partition coefficient (Wildman–Crippen LogP) is 5.01. The summed E-state index contributed by atoms with van der Waals surface area (Å²) < 4.78 is 0. The smallest absolute Gasteiger partial charge is 0.234 e. The number of halogens is 2. The van der Waals surface area contributed by atoms with Gasteiger partial charge in [-0.2, -0.15) is 5.26 Å². The van der Waals surface area contributed by atoms with Gasteiger partial charge in [0, 0.05) is 17.4 Å². The number of carbonyl (C=O) groups is 2. The van der Waals surface area contributed by atoms with E-state index < -0.39 is 0 Å². The Morgan fingerprint density at radius 2 is 2.00 bits per heavy atom. The van der Waals surface area contributed by atoms with Gasteiger partial charge < -0.3 is 10.6 Å². The second-order valence-corrected chi connectivity index (χ2v) is 8.36. The number of thioether (sulfide) groups is 1. The van der Waals surface area contributed by atoms with Gasteiger partial charge in [0.15, 0.2) is 0 Å². The highest BCUT2D eigenvalue weighted by molar-refractivity contribution is 8.03. The molecule has 8 heteroatoms. The van der Waals surface area contributed by atoms with Crippen molar-refractivity contribution < 1.29 is 9.59 Å². The van der Waals surface area contributed by atoms with Gasteiger partial charge in [-0.05, 0) is 30.7 Å². The van der Waals surface area contributed by atoms with Crippen LogP contribution >= 0.6 is 35.0 Å². The quantitative estimate of drug-likeness (QED) is 0.677. The molecule has 1 atom stereocenters. The zero-order chi connectivity index (χ0) is 21.0. The van der Waals surface area contributed by atoms with E-state index in [1.807, 2.05) is 31.2 Å². The Labute approximate surface area is 183 Å². The molecule has 2 aromatic carbocycles. The second kappa shape index (κ2) is 9.36. The van der Waals surface area contributed by atoms with Gasteiger partial charge >= 0.3 is 0 Å². The molecule has 1 aliphatic heterocycles. The van der Waals surface area contributed by atoms with E-state index in [0.29, 0.717) is 26.3 Å². The first kappa shape index (κ1) is 21.3. The van der Waals surface area contributed by atoms with Crippen molar-refractivity contribution >= 4 is 52.5 Å². The van der Waals surface area contributed by atoms with Crippen LogP contribution in [0.2, 0.25) is 10.0 Å². The number of nitrogens with one attached hydrogen (secondary N) is 2. The molecule has 1 aliphatic rings. The average molecular weight is 446 g/mol. The molecule has 0 radical (unpaired) electrons. The number of anilines is 1. The first-order valence-corrected chi connectivity index (χ1v) is 10.5. The summed E-state index contributed by atoms with van der Waals surface area (Å²) in [5.41, 5.74) is 2.90. The molecule has 0 bridgehead atoms. The van der Waals surface area contributed by atoms with Gasteiger partial charge in [-0.15, -0.1) is 0 Å². The summed E-state index contributed by atoms with van der Waals surface area (Å²) in [5.74, 6) is -0.806. The molecule has 1 heterocycles. The van der Waals surface area contributed by atoms with Gasteiger partial charge in [0.2, 0.25) is 11.8 Å². The highest BCUT2D eigenvalue weighted by atomic mass is 35.5. The van der Waals surface area contributed by atoms with Crippen LogP contribution in [0.1, 0.15) is 23.5 Å². The van der Waals surface area contributed by atoms with Crippen LogP contribution in [0.4, 0.5) is 5.69 Å². The molecule has 2 N–H and O–H groups in total. The van der Waals surface area contributed by atoms with E-state index in [2.05, 4.69) is 16.7 Å². The Hall–Kier alpha value is -2.46. The molecule has 3 rings (SSSR count). The number of benzene rings is 2. The van der Waals surface area contributed by atoms with Crippen LogP contribution in [-0.4, -0.2) is 17.6 Å². The predicted molar refractivity (Wildman–Crippen MR) is 117 cm³/mol. The molecule has 0 aromatic heterocycles. The molecule has 148 valence electrons. The fraction of sp³-hybridized carbons (Fsp3) is 0.190. The first-order chi connectivity index (χ1) is 13.9. The summed E-state index contributed by atoms with van der Waals surface area (Å²) in [6, 6.07) is 14.7. The normalized spacial score (nSPS) is 16.2. The molecule has 0 fully saturated rings. The maximum absolute atomic E-state index is 12.3. The molecule has 0 saturated heterocycles. The number of nitrogens with zero attached hydrogens (tertiary/aromatic N) is 1. The second-order valence-electron chi connectivity index (χ2n) is 6.53. The van der Waals surface area contributed by atoms with Crippen molar-refractivity contribution in [2.75, 3.05) is 11.1 Å². The summed E-state index contributed by atoms with van der Waals surface area (Å²) in [6.45, 7) is 1.98. The van der Waals surface area contributed by atoms with Crippen LogP contribution < -0.4 is 10.6 Å². The number of allylic oxidation sites excluding steroid dienone is 1. The minimum Gasteiger partial charge on any atom is -0.324 e. The molecule has 0 aliphatic carbocycles. The number of rotatable bonds is 5. The number of nitriles is 1. The SMILES string of the molecule is Cc1ccc([C@H]2CC(=O)NC(SCC(=O)Nc3ccc(Cl)cc3Cl)=C2C#N)cc1. The van der Waals surface area contributed by atoms with E-state index in [0.717, 1.165) is 22.9 Å². The lowest BCUT2D eigenvalue weighted by Gasteiger charge is -2.25. The van der Waals surface area contributed by atoms with Crippen LogP contribution in [-0.2, 0) is 9.59 Å². The molecule has 0 unspecified atom stereocenters. The molecule has 5 nitrogen and oxygen atoms in total. The Balaban J connectivity index is 1.75. The fourth-order valence-corrected chi connectivity index (χ4v) is 4.26. The fourth-order valence-electron chi connectivity index (χ4n) is 2.93. The molecule has 0 saturated carbocycles. The minimum absolute atomic E-state index is 0.0143. The summed E-state index contributed by atoms with van der Waals surface area (Å²) in [6.07, 6.45) is 0.197. The van der Waals surface area contributed by atoms with E-state index in [1.165, 1.54) is 6.07 Å². The lowest BCUT2D eigenvalue weighted by Crippen LogP contribution is -2.31. The molecule has 29 heavy (non-hydrogen) atoms. The van der Waals surface area contributed by atoms with Crippen molar-refractivity contribution in [1.29, 1.82) is 5.26 Å². The number of hydrogen-bond donors (Lipinski definition) is 2. The Morgan fingerprint density at radius 1 is 1.28 bits per heavy atom. The number of amides is 2. The number of aryl methyl sites for hydroxylation is 1. The summed E-state index contributed by atoms with van der Waals surface area (Å²) in [5, 5.41) is 16.3. The molecular formula is C21H17Cl2N3O2S. The summed E-state index contributed by atoms with van der Waals surface area (Å²) in [7, 11) is 0. The zero-order valence-electron chi connectivity index (χ0n) is 15.5. The van der Waals surface area contributed by atoms with Crippen molar-refractivity contribution in [2.24, 2.45) is 0 Å². The van der Waals surface area contributed by atoms with E-state index in [9.17, 15) is 14.9 Å². The van der Waals surface area contributed by atoms with Crippen molar-refractivity contribution in [3.63, 3.8) is 0 Å². The third-order valence-electron chi connectivity index (χ3n) is 4.39. The Morgan fingerprint density at radius 3 is 2.66 bits per heavy atom. The van der Waals surface area contributed by atoms with Crippen LogP contribution in [0.3, 0.4) is 0 Å². The maximum Gasteiger partial charge on any atom is 0.234 e. The van der Waals surface area contributed by atoms with Crippen LogP contribution in [0.15, 0.2) is 53.1 Å². The summed E-state index contributed by atoms with van der Waals surface area (Å²) >= 11 is 13.0. The maximum atomic E-state index is 12.3. The van der Waals surface area contributed by atoms with E-state index in [4.69, 9.17) is 23.2 Å². The van der Waals surface area contributed by atoms with Gasteiger partial charge in [0.25, 0.3) is 0 Å². The van der Waals surface area contributed by atoms with Crippen molar-refractivity contribution in [3.8, 4) is 6.07 Å². The monoisotopic (exact) mass is 445 g/mol. The molecule has 2 aromatic rings. The van der Waals surface area contributed by atoms with Crippen molar-refractivity contribution in [2.45, 2.75) is 19.3 Å². The Kier molecular flexibility index (Phi) is 6.86. The molecule has 0 spiro atoms. The van der Waals surface area contributed by atoms with Gasteiger partial charge in [0.1, 0.15) is 0 Å². The number of hydrogen-bond acceptors (Lipinski definition) is 4. The Bertz CT molecular complexity index is 1030. The topological polar surface area (TPSA) is 82.0 Å². The van der Waals surface area contributed by atoms with Crippen molar-refractivity contribution in [3.05, 3.63) is 74.2 Å². The van der Waals surface area contributed by atoms with Crippen LogP contribution in [0, 0.1) is 18.3 Å². The third-order valence-corrected chi connectivity index (χ3v) is 5.95. The molecular weight excluding hydrogens is 429 g/mol. The third kappa shape index (κ3) is 5.33. The van der Waals surface area contributed by atoms with Gasteiger partial charge in [-0.25, -0.2) is 0 Å². The van der Waals surface area contributed by atoms with Crippen LogP contribution in [0.5, 0.6) is 0 Å². The van der Waals surface area contributed by atoms with E-state index >= 15 is 0 Å². The highest BCUT2D eigenvalue weighted by Gasteiger charge is 2.29. The number of carbonyl (C=O) groups excluding carboxylic acids is 2. The minimum atomic E-state index is -0.328. The molecule has 2 amide bonds. The lowest BCUT2D eigenvalue weighted by molar-refractivity contribution is -0.121. The van der Waals surface area contributed by atoms with E-state index in [1.54, 1.807) is 12.1 Å². The largest absolute Gasteiger partial charge is 0.324 e. The van der Waals surface area contributed by atoms with Gasteiger partial charge in [0.05, 0.1) is 33.1 Å².